The zero-order chi connectivity index (χ0) is 13.8. The van der Waals surface area contributed by atoms with E-state index in [1.165, 1.54) is 0 Å². The standard InChI is InChI=1S/C13H10Br2N2O2/c14-8-3-4-10(15)11(6-8)17-7-12-9(13(18)19)2-1-5-16-12/h1-6,17H,7H2,(H,18,19). The highest BCUT2D eigenvalue weighted by atomic mass is 79.9. The van der Waals surface area contributed by atoms with Gasteiger partial charge in [-0.15, -0.1) is 0 Å². The Morgan fingerprint density at radius 1 is 1.32 bits per heavy atom. The van der Waals surface area contributed by atoms with E-state index in [-0.39, 0.29) is 5.56 Å². The van der Waals surface area contributed by atoms with Crippen molar-refractivity contribution in [3.8, 4) is 0 Å². The van der Waals surface area contributed by atoms with Gasteiger partial charge in [-0.1, -0.05) is 15.9 Å². The molecule has 0 radical (unpaired) electrons. The first kappa shape index (κ1) is 14.0. The van der Waals surface area contributed by atoms with Gasteiger partial charge in [-0.2, -0.15) is 0 Å². The van der Waals surface area contributed by atoms with Crippen molar-refractivity contribution in [2.45, 2.75) is 6.54 Å². The summed E-state index contributed by atoms with van der Waals surface area (Å²) in [5.74, 6) is -0.974. The van der Waals surface area contributed by atoms with Crippen LogP contribution in [0.25, 0.3) is 0 Å². The monoisotopic (exact) mass is 384 g/mol. The van der Waals surface area contributed by atoms with Crippen molar-refractivity contribution in [3.05, 3.63) is 56.7 Å². The second kappa shape index (κ2) is 6.16. The smallest absolute Gasteiger partial charge is 0.337 e. The van der Waals surface area contributed by atoms with Crippen LogP contribution < -0.4 is 5.32 Å². The fraction of sp³-hybridized carbons (Fsp3) is 0.0769. The normalized spacial score (nSPS) is 10.2. The average Bonchev–Trinajstić information content (AvgIpc) is 2.40. The van der Waals surface area contributed by atoms with E-state index in [0.29, 0.717) is 12.2 Å². The van der Waals surface area contributed by atoms with Crippen LogP contribution in [0.1, 0.15) is 16.1 Å². The minimum absolute atomic E-state index is 0.209. The summed E-state index contributed by atoms with van der Waals surface area (Å²) < 4.78 is 1.85. The molecule has 0 aliphatic carbocycles. The number of hydrogen-bond acceptors (Lipinski definition) is 3. The van der Waals surface area contributed by atoms with Gasteiger partial charge in [0.1, 0.15) is 0 Å². The van der Waals surface area contributed by atoms with Crippen LogP contribution in [-0.2, 0) is 6.54 Å². The predicted octanol–water partition coefficient (Wildman–Crippen LogP) is 3.92. The first-order valence-corrected chi connectivity index (χ1v) is 7.02. The van der Waals surface area contributed by atoms with E-state index in [2.05, 4.69) is 42.2 Å². The number of nitrogens with one attached hydrogen (secondary N) is 1. The first-order chi connectivity index (χ1) is 9.08. The molecule has 0 atom stereocenters. The molecule has 0 saturated heterocycles. The van der Waals surface area contributed by atoms with E-state index in [4.69, 9.17) is 5.11 Å². The van der Waals surface area contributed by atoms with Crippen molar-refractivity contribution in [1.82, 2.24) is 4.98 Å². The molecule has 0 saturated carbocycles. The highest BCUT2D eigenvalue weighted by Gasteiger charge is 2.10. The zero-order valence-electron chi connectivity index (χ0n) is 9.73. The van der Waals surface area contributed by atoms with Crippen molar-refractivity contribution < 1.29 is 9.90 Å². The third-order valence-electron chi connectivity index (χ3n) is 2.50. The fourth-order valence-electron chi connectivity index (χ4n) is 1.59. The lowest BCUT2D eigenvalue weighted by molar-refractivity contribution is 0.0695. The van der Waals surface area contributed by atoms with Crippen LogP contribution in [0, 0.1) is 0 Å². The highest BCUT2D eigenvalue weighted by molar-refractivity contribution is 9.11. The molecule has 0 aliphatic heterocycles. The number of carboxylic acid groups (broad SMARTS) is 1. The van der Waals surface area contributed by atoms with Crippen LogP contribution >= 0.6 is 31.9 Å². The first-order valence-electron chi connectivity index (χ1n) is 5.44. The molecule has 0 aliphatic rings. The molecule has 0 fully saturated rings. The summed E-state index contributed by atoms with van der Waals surface area (Å²) in [5.41, 5.74) is 1.58. The maximum atomic E-state index is 11.1. The van der Waals surface area contributed by atoms with Crippen molar-refractivity contribution in [2.75, 3.05) is 5.32 Å². The number of pyridine rings is 1. The second-order valence-corrected chi connectivity index (χ2v) is 5.55. The summed E-state index contributed by atoms with van der Waals surface area (Å²) >= 11 is 6.82. The Balaban J connectivity index is 2.19. The molecule has 4 nitrogen and oxygen atoms in total. The van der Waals surface area contributed by atoms with E-state index in [1.54, 1.807) is 18.3 Å². The highest BCUT2D eigenvalue weighted by Crippen LogP contribution is 2.26. The number of rotatable bonds is 4. The van der Waals surface area contributed by atoms with Crippen molar-refractivity contribution in [1.29, 1.82) is 0 Å². The van der Waals surface area contributed by atoms with Crippen LogP contribution in [0.4, 0.5) is 5.69 Å². The molecule has 2 aromatic rings. The maximum absolute atomic E-state index is 11.1. The van der Waals surface area contributed by atoms with Crippen molar-refractivity contribution >= 4 is 43.5 Å². The number of aromatic carboxylic acids is 1. The largest absolute Gasteiger partial charge is 0.478 e. The molecule has 98 valence electrons. The topological polar surface area (TPSA) is 62.2 Å². The lowest BCUT2D eigenvalue weighted by atomic mass is 10.2. The van der Waals surface area contributed by atoms with Crippen LogP contribution in [0.15, 0.2) is 45.5 Å². The zero-order valence-corrected chi connectivity index (χ0v) is 12.9. The Morgan fingerprint density at radius 3 is 2.84 bits per heavy atom. The van der Waals surface area contributed by atoms with E-state index in [0.717, 1.165) is 14.6 Å². The van der Waals surface area contributed by atoms with Crippen molar-refractivity contribution in [3.63, 3.8) is 0 Å². The third-order valence-corrected chi connectivity index (χ3v) is 3.68. The van der Waals surface area contributed by atoms with Gasteiger partial charge >= 0.3 is 5.97 Å². The van der Waals surface area contributed by atoms with Gasteiger partial charge in [0.25, 0.3) is 0 Å². The Kier molecular flexibility index (Phi) is 4.55. The second-order valence-electron chi connectivity index (χ2n) is 3.78. The summed E-state index contributed by atoms with van der Waals surface area (Å²) in [6.45, 7) is 0.345. The van der Waals surface area contributed by atoms with Gasteiger partial charge in [-0.25, -0.2) is 4.79 Å². The average molecular weight is 386 g/mol. The van der Waals surface area contributed by atoms with E-state index < -0.39 is 5.97 Å². The molecular weight excluding hydrogens is 376 g/mol. The quantitative estimate of drug-likeness (QED) is 0.837. The van der Waals surface area contributed by atoms with Gasteiger partial charge in [0.2, 0.25) is 0 Å². The van der Waals surface area contributed by atoms with Gasteiger partial charge in [-0.3, -0.25) is 4.98 Å². The van der Waals surface area contributed by atoms with Gasteiger partial charge in [-0.05, 0) is 46.3 Å². The molecule has 2 rings (SSSR count). The molecule has 2 N–H and O–H groups in total. The number of carbonyl (C=O) groups is 1. The molecule has 6 heteroatoms. The van der Waals surface area contributed by atoms with Gasteiger partial charge in [0, 0.05) is 20.8 Å². The summed E-state index contributed by atoms with van der Waals surface area (Å²) in [6.07, 6.45) is 1.58. The SMILES string of the molecule is O=C(O)c1cccnc1CNc1cc(Br)ccc1Br. The van der Waals surface area contributed by atoms with Crippen molar-refractivity contribution in [2.24, 2.45) is 0 Å². The molecule has 1 heterocycles. The number of benzene rings is 1. The predicted molar refractivity (Wildman–Crippen MR) is 80.4 cm³/mol. The lowest BCUT2D eigenvalue weighted by Crippen LogP contribution is -2.09. The number of halogens is 2. The molecule has 0 spiro atoms. The number of carboxylic acids is 1. The molecular formula is C13H10Br2N2O2. The van der Waals surface area contributed by atoms with E-state index in [1.807, 2.05) is 18.2 Å². The Bertz CT molecular complexity index is 617. The molecule has 0 amide bonds. The minimum Gasteiger partial charge on any atom is -0.478 e. The Labute approximate surface area is 127 Å². The lowest BCUT2D eigenvalue weighted by Gasteiger charge is -2.10. The Hall–Kier alpha value is -1.40. The van der Waals surface area contributed by atoms with Gasteiger partial charge in [0.15, 0.2) is 0 Å². The minimum atomic E-state index is -0.974. The molecule has 0 bridgehead atoms. The Morgan fingerprint density at radius 2 is 2.11 bits per heavy atom. The van der Waals surface area contributed by atoms with E-state index in [9.17, 15) is 4.79 Å². The summed E-state index contributed by atoms with van der Waals surface area (Å²) in [4.78, 5) is 15.2. The molecule has 0 unspecified atom stereocenters. The van der Waals surface area contributed by atoms with Crippen LogP contribution in [0.2, 0.25) is 0 Å². The fourth-order valence-corrected chi connectivity index (χ4v) is 2.33. The molecule has 19 heavy (non-hydrogen) atoms. The van der Waals surface area contributed by atoms with Crippen LogP contribution in [0.5, 0.6) is 0 Å². The van der Waals surface area contributed by atoms with Gasteiger partial charge < -0.3 is 10.4 Å². The number of nitrogens with zero attached hydrogens (tertiary/aromatic N) is 1. The number of anilines is 1. The van der Waals surface area contributed by atoms with E-state index >= 15 is 0 Å². The summed E-state index contributed by atoms with van der Waals surface area (Å²) in [7, 11) is 0. The van der Waals surface area contributed by atoms with Gasteiger partial charge in [0.05, 0.1) is 17.8 Å². The van der Waals surface area contributed by atoms with Crippen LogP contribution in [-0.4, -0.2) is 16.1 Å². The molecule has 1 aromatic heterocycles. The number of aromatic nitrogens is 1. The summed E-state index contributed by atoms with van der Waals surface area (Å²) in [6, 6.07) is 8.89. The van der Waals surface area contributed by atoms with Crippen LogP contribution in [0.3, 0.4) is 0 Å². The molecule has 1 aromatic carbocycles. The third kappa shape index (κ3) is 3.54. The maximum Gasteiger partial charge on any atom is 0.337 e. The summed E-state index contributed by atoms with van der Waals surface area (Å²) in [5, 5.41) is 12.2. The number of hydrogen-bond donors (Lipinski definition) is 2.